The molecule has 0 spiro atoms. The van der Waals surface area contributed by atoms with Crippen molar-refractivity contribution in [1.29, 1.82) is 0 Å². The lowest BCUT2D eigenvalue weighted by Crippen LogP contribution is -2.01. The lowest BCUT2D eigenvalue weighted by atomic mass is 10.1. The SMILES string of the molecule is COC(=O)c1ccc2[nH]ccc2c1.COC(=O)c1ccc2c(ccn2-c2ccc(Cl)cn2)c1.Fc1ccc(Cl)cn1.O=C(O)c1ccc2c(ccn2-c2ccc(Cl)cn2)c1. The molecule has 0 aliphatic carbocycles. The molecule has 0 fully saturated rings. The molecule has 12 nitrogen and oxygen atoms in total. The molecule has 0 saturated carbocycles. The van der Waals surface area contributed by atoms with Crippen LogP contribution >= 0.6 is 34.8 Å². The number of hydrogen-bond donors (Lipinski definition) is 2. The molecule has 16 heteroatoms. The van der Waals surface area contributed by atoms with Crippen molar-refractivity contribution in [1.82, 2.24) is 29.1 Å². The zero-order valence-electron chi connectivity index (χ0n) is 31.6. The van der Waals surface area contributed by atoms with E-state index in [1.54, 1.807) is 67.0 Å². The van der Waals surface area contributed by atoms with Crippen molar-refractivity contribution in [3.8, 4) is 11.6 Å². The highest BCUT2D eigenvalue weighted by Gasteiger charge is 2.11. The smallest absolute Gasteiger partial charge is 0.337 e. The number of halogens is 4. The number of H-pyrrole nitrogens is 1. The van der Waals surface area contributed by atoms with Crippen LogP contribution < -0.4 is 0 Å². The van der Waals surface area contributed by atoms with Gasteiger partial charge < -0.3 is 28.7 Å². The van der Waals surface area contributed by atoms with Gasteiger partial charge in [0.2, 0.25) is 5.95 Å². The molecular weight excluding hydrogens is 834 g/mol. The first-order valence-corrected chi connectivity index (χ1v) is 18.8. The molecule has 0 aliphatic rings. The van der Waals surface area contributed by atoms with Gasteiger partial charge in [-0.2, -0.15) is 4.39 Å². The number of hydrogen-bond acceptors (Lipinski definition) is 8. The van der Waals surface area contributed by atoms with E-state index in [4.69, 9.17) is 44.6 Å². The molecule has 0 atom stereocenters. The molecular formula is C44H32Cl3FN6O6. The number of rotatable bonds is 5. The van der Waals surface area contributed by atoms with Gasteiger partial charge in [0.05, 0.1) is 57.0 Å². The Morgan fingerprint density at radius 2 is 1.05 bits per heavy atom. The molecule has 9 aromatic rings. The number of methoxy groups -OCH3 is 2. The van der Waals surface area contributed by atoms with Gasteiger partial charge in [0.1, 0.15) is 11.6 Å². The standard InChI is InChI=1S/C15H11ClN2O2.C14H9ClN2O2.C10H9NO2.C5H3ClFN/c1-20-15(19)11-2-4-13-10(8-11)6-7-18(13)14-5-3-12(16)9-17-14;15-11-2-4-13(16-8-11)17-6-5-9-7-10(14(18)19)1-3-12(9)17;1-13-10(12)8-2-3-9-7(6-8)4-5-11-9;6-4-1-2-5(7)8-3-4/h2-9H,1H3;1-8H,(H,18,19);2-6,11H,1H3;1-3H. The second-order valence-electron chi connectivity index (χ2n) is 12.5. The van der Waals surface area contributed by atoms with Crippen LogP contribution in [0.4, 0.5) is 4.39 Å². The summed E-state index contributed by atoms with van der Waals surface area (Å²) < 4.78 is 25.1. The summed E-state index contributed by atoms with van der Waals surface area (Å²) in [6, 6.07) is 31.4. The summed E-state index contributed by atoms with van der Waals surface area (Å²) in [6.45, 7) is 0. The minimum atomic E-state index is -0.931. The normalized spacial score (nSPS) is 10.4. The van der Waals surface area contributed by atoms with Crippen molar-refractivity contribution < 1.29 is 33.4 Å². The molecule has 0 unspecified atom stereocenters. The Morgan fingerprint density at radius 3 is 1.50 bits per heavy atom. The second kappa shape index (κ2) is 19.6. The van der Waals surface area contributed by atoms with Crippen molar-refractivity contribution in [3.05, 3.63) is 184 Å². The molecule has 2 N–H and O–H groups in total. The van der Waals surface area contributed by atoms with Crippen molar-refractivity contribution in [2.24, 2.45) is 0 Å². The van der Waals surface area contributed by atoms with Crippen LogP contribution in [0.15, 0.2) is 146 Å². The van der Waals surface area contributed by atoms with Crippen molar-refractivity contribution in [2.75, 3.05) is 14.2 Å². The number of esters is 2. The number of carbonyl (C=O) groups is 3. The van der Waals surface area contributed by atoms with E-state index in [1.165, 1.54) is 32.5 Å². The molecule has 6 aromatic heterocycles. The zero-order valence-corrected chi connectivity index (χ0v) is 33.9. The number of aromatic amines is 1. The van der Waals surface area contributed by atoms with Crippen LogP contribution in [0.5, 0.6) is 0 Å². The van der Waals surface area contributed by atoms with Crippen LogP contribution in [0.3, 0.4) is 0 Å². The summed E-state index contributed by atoms with van der Waals surface area (Å²) in [5, 5.41) is 13.4. The van der Waals surface area contributed by atoms with Gasteiger partial charge >= 0.3 is 17.9 Å². The molecule has 0 saturated heterocycles. The highest BCUT2D eigenvalue weighted by molar-refractivity contribution is 6.31. The van der Waals surface area contributed by atoms with Gasteiger partial charge in [-0.3, -0.25) is 0 Å². The maximum absolute atomic E-state index is 11.9. The van der Waals surface area contributed by atoms with Gasteiger partial charge in [-0.25, -0.2) is 29.3 Å². The molecule has 0 amide bonds. The fraction of sp³-hybridized carbons (Fsp3) is 0.0455. The fourth-order valence-electron chi connectivity index (χ4n) is 5.74. The zero-order chi connectivity index (χ0) is 42.8. The van der Waals surface area contributed by atoms with E-state index < -0.39 is 11.9 Å². The van der Waals surface area contributed by atoms with E-state index in [-0.39, 0.29) is 17.5 Å². The average molecular weight is 866 g/mol. The molecule has 3 aromatic carbocycles. The van der Waals surface area contributed by atoms with Gasteiger partial charge in [-0.05, 0) is 109 Å². The number of aromatic carboxylic acids is 1. The first-order valence-electron chi connectivity index (χ1n) is 17.6. The van der Waals surface area contributed by atoms with Crippen LogP contribution in [0.2, 0.25) is 15.1 Å². The number of carboxylic acid groups (broad SMARTS) is 1. The Morgan fingerprint density at radius 1 is 0.583 bits per heavy atom. The number of aromatic nitrogens is 6. The number of fused-ring (bicyclic) bond motifs is 3. The Bertz CT molecular complexity index is 2890. The number of carbonyl (C=O) groups excluding carboxylic acids is 2. The lowest BCUT2D eigenvalue weighted by Gasteiger charge is -2.05. The van der Waals surface area contributed by atoms with E-state index >= 15 is 0 Å². The predicted octanol–water partition coefficient (Wildman–Crippen LogP) is 10.7. The lowest BCUT2D eigenvalue weighted by molar-refractivity contribution is 0.0592. The number of benzene rings is 3. The van der Waals surface area contributed by atoms with Gasteiger partial charge in [-0.15, -0.1) is 0 Å². The molecule has 302 valence electrons. The van der Waals surface area contributed by atoms with Crippen LogP contribution in [0.1, 0.15) is 31.1 Å². The third-order valence-corrected chi connectivity index (χ3v) is 9.30. The topological polar surface area (TPSA) is 154 Å². The molecule has 0 radical (unpaired) electrons. The van der Waals surface area contributed by atoms with Crippen LogP contribution in [0, 0.1) is 5.95 Å². The molecule has 60 heavy (non-hydrogen) atoms. The van der Waals surface area contributed by atoms with Crippen LogP contribution in [-0.4, -0.2) is 66.3 Å². The summed E-state index contributed by atoms with van der Waals surface area (Å²) in [4.78, 5) is 48.4. The molecule has 0 bridgehead atoms. The molecule has 0 aliphatic heterocycles. The van der Waals surface area contributed by atoms with E-state index in [9.17, 15) is 18.8 Å². The monoisotopic (exact) mass is 864 g/mol. The van der Waals surface area contributed by atoms with Crippen LogP contribution in [-0.2, 0) is 9.47 Å². The summed E-state index contributed by atoms with van der Waals surface area (Å²) in [5.74, 6) is -0.571. The molecule has 6 heterocycles. The highest BCUT2D eigenvalue weighted by Crippen LogP contribution is 2.23. The summed E-state index contributed by atoms with van der Waals surface area (Å²) in [6.07, 6.45) is 10.0. The Hall–Kier alpha value is -7.06. The van der Waals surface area contributed by atoms with Gasteiger partial charge in [-0.1, -0.05) is 34.8 Å². The fourth-order valence-corrected chi connectivity index (χ4v) is 6.07. The van der Waals surface area contributed by atoms with Crippen LogP contribution in [0.25, 0.3) is 44.3 Å². The minimum Gasteiger partial charge on any atom is -0.478 e. The Balaban J connectivity index is 0.000000141. The largest absolute Gasteiger partial charge is 0.478 e. The number of ether oxygens (including phenoxy) is 2. The summed E-state index contributed by atoms with van der Waals surface area (Å²) in [5.41, 5.74) is 4.27. The predicted molar refractivity (Wildman–Crippen MR) is 229 cm³/mol. The van der Waals surface area contributed by atoms with Crippen molar-refractivity contribution in [3.63, 3.8) is 0 Å². The maximum atomic E-state index is 11.9. The first-order chi connectivity index (χ1) is 28.9. The summed E-state index contributed by atoms with van der Waals surface area (Å²) >= 11 is 17.0. The molecule has 9 rings (SSSR count). The van der Waals surface area contributed by atoms with Gasteiger partial charge in [0.25, 0.3) is 0 Å². The quantitative estimate of drug-likeness (QED) is 0.127. The number of nitrogens with one attached hydrogen (secondary N) is 1. The Kier molecular flexibility index (Phi) is 13.9. The van der Waals surface area contributed by atoms with Gasteiger partial charge in [0, 0.05) is 58.9 Å². The highest BCUT2D eigenvalue weighted by atomic mass is 35.5. The summed E-state index contributed by atoms with van der Waals surface area (Å²) in [7, 11) is 2.75. The van der Waals surface area contributed by atoms with Gasteiger partial charge in [0.15, 0.2) is 0 Å². The number of carboxylic acids is 1. The van der Waals surface area contributed by atoms with E-state index in [0.29, 0.717) is 26.2 Å². The second-order valence-corrected chi connectivity index (χ2v) is 13.8. The van der Waals surface area contributed by atoms with Crippen molar-refractivity contribution in [2.45, 2.75) is 0 Å². The van der Waals surface area contributed by atoms with E-state index in [1.807, 2.05) is 70.2 Å². The average Bonchev–Trinajstić information content (AvgIpc) is 4.04. The first kappa shape index (κ1) is 42.5. The maximum Gasteiger partial charge on any atom is 0.337 e. The number of pyridine rings is 3. The van der Waals surface area contributed by atoms with E-state index in [2.05, 4.69) is 24.7 Å². The van der Waals surface area contributed by atoms with Crippen molar-refractivity contribution >= 4 is 85.4 Å². The third-order valence-electron chi connectivity index (χ3n) is 8.63. The minimum absolute atomic E-state index is 0.273. The number of nitrogens with zero attached hydrogens (tertiary/aromatic N) is 5. The third kappa shape index (κ3) is 10.5. The van der Waals surface area contributed by atoms with E-state index in [0.717, 1.165) is 44.3 Å². The Labute approximate surface area is 356 Å².